The number of nitro benzene ring substituents is 1. The van der Waals surface area contributed by atoms with Gasteiger partial charge < -0.3 is 9.84 Å². The predicted octanol–water partition coefficient (Wildman–Crippen LogP) is 2.23. The van der Waals surface area contributed by atoms with Gasteiger partial charge >= 0.3 is 5.97 Å². The highest BCUT2D eigenvalue weighted by molar-refractivity contribution is 5.72. The molecule has 0 spiro atoms. The van der Waals surface area contributed by atoms with Gasteiger partial charge in [0, 0.05) is 12.1 Å². The SMILES string of the molecule is CCCC(Oc1ccc([N+](=O)[O-])cc1)C(=O)O. The van der Waals surface area contributed by atoms with Gasteiger partial charge in [0.2, 0.25) is 0 Å². The van der Waals surface area contributed by atoms with Crippen LogP contribution in [0.3, 0.4) is 0 Å². The van der Waals surface area contributed by atoms with Crippen molar-refractivity contribution >= 4 is 11.7 Å². The number of carboxylic acid groups (broad SMARTS) is 1. The summed E-state index contributed by atoms with van der Waals surface area (Å²) in [5, 5.41) is 19.3. The topological polar surface area (TPSA) is 89.7 Å². The lowest BCUT2D eigenvalue weighted by atomic mass is 10.2. The molecule has 92 valence electrons. The molecule has 6 nitrogen and oxygen atoms in total. The third-order valence-electron chi connectivity index (χ3n) is 2.15. The Morgan fingerprint density at radius 1 is 1.47 bits per heavy atom. The molecule has 0 aromatic heterocycles. The summed E-state index contributed by atoms with van der Waals surface area (Å²) < 4.78 is 5.23. The smallest absolute Gasteiger partial charge is 0.344 e. The van der Waals surface area contributed by atoms with Crippen LogP contribution in [0.5, 0.6) is 5.75 Å². The van der Waals surface area contributed by atoms with Gasteiger partial charge in [0.05, 0.1) is 4.92 Å². The largest absolute Gasteiger partial charge is 0.479 e. The first kappa shape index (κ1) is 13.0. The van der Waals surface area contributed by atoms with Crippen LogP contribution in [0.1, 0.15) is 19.8 Å². The Hall–Kier alpha value is -2.11. The first-order valence-electron chi connectivity index (χ1n) is 5.18. The van der Waals surface area contributed by atoms with Crippen LogP contribution >= 0.6 is 0 Å². The van der Waals surface area contributed by atoms with Crippen LogP contribution in [0.15, 0.2) is 24.3 Å². The maximum Gasteiger partial charge on any atom is 0.344 e. The van der Waals surface area contributed by atoms with Gasteiger partial charge in [-0.2, -0.15) is 0 Å². The number of nitrogens with zero attached hydrogens (tertiary/aromatic N) is 1. The second-order valence-electron chi connectivity index (χ2n) is 3.48. The van der Waals surface area contributed by atoms with Gasteiger partial charge in [0.25, 0.3) is 5.69 Å². The van der Waals surface area contributed by atoms with Crippen molar-refractivity contribution < 1.29 is 19.6 Å². The van der Waals surface area contributed by atoms with Crippen molar-refractivity contribution in [1.82, 2.24) is 0 Å². The van der Waals surface area contributed by atoms with Crippen molar-refractivity contribution in [3.63, 3.8) is 0 Å². The number of benzene rings is 1. The van der Waals surface area contributed by atoms with Crippen LogP contribution in [0.4, 0.5) is 5.69 Å². The van der Waals surface area contributed by atoms with E-state index in [9.17, 15) is 14.9 Å². The zero-order valence-corrected chi connectivity index (χ0v) is 9.33. The third-order valence-corrected chi connectivity index (χ3v) is 2.15. The number of rotatable bonds is 6. The summed E-state index contributed by atoms with van der Waals surface area (Å²) in [5.74, 6) is -0.721. The Balaban J connectivity index is 2.73. The van der Waals surface area contributed by atoms with Crippen molar-refractivity contribution in [1.29, 1.82) is 0 Å². The van der Waals surface area contributed by atoms with E-state index in [0.29, 0.717) is 18.6 Å². The van der Waals surface area contributed by atoms with Gasteiger partial charge in [-0.3, -0.25) is 10.1 Å². The maximum absolute atomic E-state index is 10.8. The zero-order chi connectivity index (χ0) is 12.8. The first-order valence-corrected chi connectivity index (χ1v) is 5.18. The fourth-order valence-corrected chi connectivity index (χ4v) is 1.31. The van der Waals surface area contributed by atoms with Crippen LogP contribution < -0.4 is 4.74 Å². The van der Waals surface area contributed by atoms with Crippen LogP contribution in [0.25, 0.3) is 0 Å². The molecule has 1 rings (SSSR count). The van der Waals surface area contributed by atoms with Crippen molar-refractivity contribution in [2.45, 2.75) is 25.9 Å². The summed E-state index contributed by atoms with van der Waals surface area (Å²) in [6.45, 7) is 1.86. The normalized spacial score (nSPS) is 11.8. The molecule has 0 radical (unpaired) electrons. The molecule has 0 heterocycles. The molecule has 0 fully saturated rings. The molecule has 1 unspecified atom stereocenters. The predicted molar refractivity (Wildman–Crippen MR) is 60.1 cm³/mol. The van der Waals surface area contributed by atoms with E-state index in [1.165, 1.54) is 24.3 Å². The quantitative estimate of drug-likeness (QED) is 0.607. The Morgan fingerprint density at radius 2 is 2.06 bits per heavy atom. The molecule has 0 saturated heterocycles. The van der Waals surface area contributed by atoms with Gasteiger partial charge in [-0.25, -0.2) is 4.79 Å². The zero-order valence-electron chi connectivity index (χ0n) is 9.33. The molecule has 0 amide bonds. The second-order valence-corrected chi connectivity index (χ2v) is 3.48. The van der Waals surface area contributed by atoms with E-state index in [0.717, 1.165) is 0 Å². The molecule has 17 heavy (non-hydrogen) atoms. The van der Waals surface area contributed by atoms with Crippen molar-refractivity contribution in [2.75, 3.05) is 0 Å². The fraction of sp³-hybridized carbons (Fsp3) is 0.364. The Morgan fingerprint density at radius 3 is 2.47 bits per heavy atom. The summed E-state index contributed by atoms with van der Waals surface area (Å²) in [7, 11) is 0. The minimum atomic E-state index is -1.04. The number of hydrogen-bond acceptors (Lipinski definition) is 4. The maximum atomic E-state index is 10.8. The molecule has 1 aromatic carbocycles. The number of non-ortho nitro benzene ring substituents is 1. The van der Waals surface area contributed by atoms with E-state index < -0.39 is 17.0 Å². The Kier molecular flexibility index (Phi) is 4.45. The van der Waals surface area contributed by atoms with E-state index >= 15 is 0 Å². The van der Waals surface area contributed by atoms with Crippen LogP contribution in [0.2, 0.25) is 0 Å². The molecular weight excluding hydrogens is 226 g/mol. The van der Waals surface area contributed by atoms with Crippen molar-refractivity contribution in [3.8, 4) is 5.75 Å². The number of ether oxygens (including phenoxy) is 1. The van der Waals surface area contributed by atoms with E-state index in [2.05, 4.69) is 0 Å². The molecule has 1 aromatic rings. The molecule has 1 atom stereocenters. The molecule has 0 aliphatic rings. The summed E-state index contributed by atoms with van der Waals surface area (Å²) in [6, 6.07) is 5.34. The molecule has 0 aliphatic carbocycles. The second kappa shape index (κ2) is 5.83. The highest BCUT2D eigenvalue weighted by atomic mass is 16.6. The molecule has 0 aliphatic heterocycles. The summed E-state index contributed by atoms with van der Waals surface area (Å²) in [5.41, 5.74) is -0.0558. The number of aliphatic carboxylic acids is 1. The minimum Gasteiger partial charge on any atom is -0.479 e. The molecule has 0 saturated carbocycles. The van der Waals surface area contributed by atoms with Crippen LogP contribution in [-0.2, 0) is 4.79 Å². The standard InChI is InChI=1S/C11H13NO5/c1-2-3-10(11(13)14)17-9-6-4-8(5-7-9)12(15)16/h4-7,10H,2-3H2,1H3,(H,13,14). The van der Waals surface area contributed by atoms with Gasteiger partial charge in [-0.15, -0.1) is 0 Å². The number of carboxylic acids is 1. The number of hydrogen-bond donors (Lipinski definition) is 1. The molecular formula is C11H13NO5. The summed E-state index contributed by atoms with van der Waals surface area (Å²) in [4.78, 5) is 20.7. The summed E-state index contributed by atoms with van der Waals surface area (Å²) >= 11 is 0. The lowest BCUT2D eigenvalue weighted by Gasteiger charge is -2.13. The van der Waals surface area contributed by atoms with E-state index in [1.807, 2.05) is 6.92 Å². The van der Waals surface area contributed by atoms with Gasteiger partial charge in [0.15, 0.2) is 6.10 Å². The summed E-state index contributed by atoms with van der Waals surface area (Å²) in [6.07, 6.45) is 0.164. The van der Waals surface area contributed by atoms with Gasteiger partial charge in [-0.1, -0.05) is 13.3 Å². The number of carbonyl (C=O) groups is 1. The average molecular weight is 239 g/mol. The molecule has 6 heteroatoms. The Bertz CT molecular complexity index is 401. The van der Waals surface area contributed by atoms with Crippen molar-refractivity contribution in [2.24, 2.45) is 0 Å². The van der Waals surface area contributed by atoms with Gasteiger partial charge in [0.1, 0.15) is 5.75 Å². The van der Waals surface area contributed by atoms with E-state index in [1.54, 1.807) is 0 Å². The van der Waals surface area contributed by atoms with Crippen LogP contribution in [-0.4, -0.2) is 22.1 Å². The molecule has 1 N–H and O–H groups in total. The first-order chi connectivity index (χ1) is 8.04. The highest BCUT2D eigenvalue weighted by Crippen LogP contribution is 2.19. The van der Waals surface area contributed by atoms with Gasteiger partial charge in [-0.05, 0) is 18.6 Å². The third kappa shape index (κ3) is 3.75. The lowest BCUT2D eigenvalue weighted by molar-refractivity contribution is -0.384. The van der Waals surface area contributed by atoms with Crippen LogP contribution in [0, 0.1) is 10.1 Å². The highest BCUT2D eigenvalue weighted by Gasteiger charge is 2.18. The monoisotopic (exact) mass is 239 g/mol. The number of nitro groups is 1. The van der Waals surface area contributed by atoms with Crippen molar-refractivity contribution in [3.05, 3.63) is 34.4 Å². The lowest BCUT2D eigenvalue weighted by Crippen LogP contribution is -2.26. The fourth-order valence-electron chi connectivity index (χ4n) is 1.31. The average Bonchev–Trinajstić information content (AvgIpc) is 2.29. The van der Waals surface area contributed by atoms with E-state index in [-0.39, 0.29) is 5.69 Å². The van der Waals surface area contributed by atoms with E-state index in [4.69, 9.17) is 9.84 Å². The Labute approximate surface area is 98.0 Å². The molecule has 0 bridgehead atoms. The minimum absolute atomic E-state index is 0.0558.